The van der Waals surface area contributed by atoms with Crippen LogP contribution in [0.4, 0.5) is 0 Å². The van der Waals surface area contributed by atoms with Crippen LogP contribution in [-0.2, 0) is 9.59 Å². The summed E-state index contributed by atoms with van der Waals surface area (Å²) in [5.74, 6) is -0.972. The molecule has 0 aromatic carbocycles. The third kappa shape index (κ3) is 4.18. The maximum absolute atomic E-state index is 12.4. The number of aliphatic carboxylic acids is 1. The number of nitrogens with zero attached hydrogens (tertiary/aromatic N) is 2. The standard InChI is InChI=1S/C14H25N3O3/c15-11-5-7-16(8-6-11)9-13(18)17(10-14(19)20)12-3-1-2-4-12/h11-12H,1-10,15H2,(H,19,20). The van der Waals surface area contributed by atoms with Gasteiger partial charge in [0.15, 0.2) is 0 Å². The number of likely N-dealkylation sites (tertiary alicyclic amines) is 1. The van der Waals surface area contributed by atoms with Gasteiger partial charge in [0, 0.05) is 25.2 Å². The van der Waals surface area contributed by atoms with Gasteiger partial charge >= 0.3 is 5.97 Å². The number of carboxylic acids is 1. The number of hydrogen-bond donors (Lipinski definition) is 2. The van der Waals surface area contributed by atoms with Crippen molar-refractivity contribution in [2.75, 3.05) is 26.2 Å². The molecule has 6 nitrogen and oxygen atoms in total. The molecule has 0 radical (unpaired) electrons. The first-order valence-corrected chi connectivity index (χ1v) is 7.55. The summed E-state index contributed by atoms with van der Waals surface area (Å²) in [5.41, 5.74) is 5.85. The molecule has 1 saturated heterocycles. The average molecular weight is 283 g/mol. The van der Waals surface area contributed by atoms with Crippen LogP contribution in [0.2, 0.25) is 0 Å². The molecule has 1 heterocycles. The summed E-state index contributed by atoms with van der Waals surface area (Å²) < 4.78 is 0. The molecule has 0 aromatic heterocycles. The van der Waals surface area contributed by atoms with E-state index < -0.39 is 5.97 Å². The lowest BCUT2D eigenvalue weighted by molar-refractivity contribution is -0.146. The van der Waals surface area contributed by atoms with Gasteiger partial charge in [-0.2, -0.15) is 0 Å². The van der Waals surface area contributed by atoms with Gasteiger partial charge in [0.25, 0.3) is 0 Å². The summed E-state index contributed by atoms with van der Waals surface area (Å²) in [7, 11) is 0. The molecule has 1 aliphatic carbocycles. The molecule has 1 aliphatic heterocycles. The summed E-state index contributed by atoms with van der Waals surface area (Å²) in [6.07, 6.45) is 5.87. The van der Waals surface area contributed by atoms with Crippen molar-refractivity contribution in [1.29, 1.82) is 0 Å². The number of amides is 1. The van der Waals surface area contributed by atoms with Gasteiger partial charge in [0.05, 0.1) is 6.54 Å². The fraction of sp³-hybridized carbons (Fsp3) is 0.857. The molecule has 2 rings (SSSR count). The second-order valence-electron chi connectivity index (χ2n) is 5.97. The van der Waals surface area contributed by atoms with Crippen molar-refractivity contribution in [2.45, 2.75) is 50.6 Å². The van der Waals surface area contributed by atoms with Crippen molar-refractivity contribution in [1.82, 2.24) is 9.80 Å². The van der Waals surface area contributed by atoms with E-state index in [1.807, 2.05) is 0 Å². The van der Waals surface area contributed by atoms with Gasteiger partial charge < -0.3 is 15.7 Å². The lowest BCUT2D eigenvalue weighted by Crippen LogP contribution is -2.49. The average Bonchev–Trinajstić information content (AvgIpc) is 2.92. The summed E-state index contributed by atoms with van der Waals surface area (Å²) in [4.78, 5) is 27.1. The maximum atomic E-state index is 12.4. The van der Waals surface area contributed by atoms with Gasteiger partial charge in [0.2, 0.25) is 5.91 Å². The third-order valence-electron chi connectivity index (χ3n) is 4.38. The molecule has 3 N–H and O–H groups in total. The van der Waals surface area contributed by atoms with E-state index in [0.717, 1.165) is 51.6 Å². The van der Waals surface area contributed by atoms with E-state index in [4.69, 9.17) is 10.8 Å². The Bertz CT molecular complexity index is 348. The van der Waals surface area contributed by atoms with Crippen LogP contribution in [0.1, 0.15) is 38.5 Å². The van der Waals surface area contributed by atoms with Crippen LogP contribution in [0.3, 0.4) is 0 Å². The Morgan fingerprint density at radius 1 is 1.15 bits per heavy atom. The minimum atomic E-state index is -0.925. The topological polar surface area (TPSA) is 86.9 Å². The van der Waals surface area contributed by atoms with E-state index in [2.05, 4.69) is 4.90 Å². The van der Waals surface area contributed by atoms with Crippen LogP contribution >= 0.6 is 0 Å². The Balaban J connectivity index is 1.90. The van der Waals surface area contributed by atoms with Crippen molar-refractivity contribution < 1.29 is 14.7 Å². The van der Waals surface area contributed by atoms with Crippen LogP contribution in [-0.4, -0.2) is 65.0 Å². The lowest BCUT2D eigenvalue weighted by atomic mass is 10.1. The Kier molecular flexibility index (Phi) is 5.37. The van der Waals surface area contributed by atoms with Crippen LogP contribution in [0.15, 0.2) is 0 Å². The van der Waals surface area contributed by atoms with Crippen molar-refractivity contribution in [3.63, 3.8) is 0 Å². The predicted molar refractivity (Wildman–Crippen MR) is 75.3 cm³/mol. The Hall–Kier alpha value is -1.14. The van der Waals surface area contributed by atoms with Crippen LogP contribution < -0.4 is 5.73 Å². The van der Waals surface area contributed by atoms with E-state index in [9.17, 15) is 9.59 Å². The first-order chi connectivity index (χ1) is 9.56. The normalized spacial score (nSPS) is 22.1. The molecule has 0 bridgehead atoms. The Morgan fingerprint density at radius 3 is 2.30 bits per heavy atom. The van der Waals surface area contributed by atoms with Crippen LogP contribution in [0.5, 0.6) is 0 Å². The molecule has 1 amide bonds. The molecule has 2 fully saturated rings. The number of hydrogen-bond acceptors (Lipinski definition) is 4. The zero-order valence-corrected chi connectivity index (χ0v) is 12.0. The highest BCUT2D eigenvalue weighted by molar-refractivity contribution is 5.83. The van der Waals surface area contributed by atoms with Gasteiger partial charge in [0.1, 0.15) is 6.54 Å². The first kappa shape index (κ1) is 15.3. The highest BCUT2D eigenvalue weighted by atomic mass is 16.4. The molecule has 0 aromatic rings. The zero-order valence-electron chi connectivity index (χ0n) is 12.0. The predicted octanol–water partition coefficient (Wildman–Crippen LogP) is 0.265. The van der Waals surface area contributed by atoms with E-state index in [1.165, 1.54) is 0 Å². The third-order valence-corrected chi connectivity index (χ3v) is 4.38. The van der Waals surface area contributed by atoms with Crippen LogP contribution in [0, 0.1) is 0 Å². The summed E-state index contributed by atoms with van der Waals surface area (Å²) >= 11 is 0. The quantitative estimate of drug-likeness (QED) is 0.756. The Labute approximate surface area is 119 Å². The molecular formula is C14H25N3O3. The fourth-order valence-corrected chi connectivity index (χ4v) is 3.18. The number of carbonyl (C=O) groups excluding carboxylic acids is 1. The molecule has 0 unspecified atom stereocenters. The number of carbonyl (C=O) groups is 2. The number of nitrogens with two attached hydrogens (primary N) is 1. The van der Waals surface area contributed by atoms with E-state index in [1.54, 1.807) is 4.90 Å². The second-order valence-corrected chi connectivity index (χ2v) is 5.97. The number of piperidine rings is 1. The Morgan fingerprint density at radius 2 is 1.75 bits per heavy atom. The number of rotatable bonds is 5. The maximum Gasteiger partial charge on any atom is 0.323 e. The smallest absolute Gasteiger partial charge is 0.323 e. The van der Waals surface area contributed by atoms with Crippen molar-refractivity contribution in [3.8, 4) is 0 Å². The molecule has 20 heavy (non-hydrogen) atoms. The molecular weight excluding hydrogens is 258 g/mol. The highest BCUT2D eigenvalue weighted by Crippen LogP contribution is 2.23. The monoisotopic (exact) mass is 283 g/mol. The molecule has 0 spiro atoms. The largest absolute Gasteiger partial charge is 0.480 e. The summed E-state index contributed by atoms with van der Waals surface area (Å²) in [5, 5.41) is 9.01. The van der Waals surface area contributed by atoms with Crippen LogP contribution in [0.25, 0.3) is 0 Å². The highest BCUT2D eigenvalue weighted by Gasteiger charge is 2.29. The SMILES string of the molecule is NC1CCN(CC(=O)N(CC(=O)O)C2CCCC2)CC1. The number of carboxylic acid groups (broad SMARTS) is 1. The first-order valence-electron chi connectivity index (χ1n) is 7.55. The van der Waals surface area contributed by atoms with Crippen molar-refractivity contribution >= 4 is 11.9 Å². The fourth-order valence-electron chi connectivity index (χ4n) is 3.18. The molecule has 114 valence electrons. The molecule has 0 atom stereocenters. The van der Waals surface area contributed by atoms with Crippen molar-refractivity contribution in [3.05, 3.63) is 0 Å². The molecule has 6 heteroatoms. The van der Waals surface area contributed by atoms with Gasteiger partial charge in [-0.3, -0.25) is 14.5 Å². The van der Waals surface area contributed by atoms with E-state index >= 15 is 0 Å². The molecule has 1 saturated carbocycles. The minimum absolute atomic E-state index is 0.0465. The second kappa shape index (κ2) is 7.04. The van der Waals surface area contributed by atoms with Gasteiger partial charge in [-0.1, -0.05) is 12.8 Å². The van der Waals surface area contributed by atoms with E-state index in [0.29, 0.717) is 6.54 Å². The lowest BCUT2D eigenvalue weighted by Gasteiger charge is -2.33. The minimum Gasteiger partial charge on any atom is -0.480 e. The van der Waals surface area contributed by atoms with Gasteiger partial charge in [-0.15, -0.1) is 0 Å². The summed E-state index contributed by atoms with van der Waals surface area (Å²) in [6.45, 7) is 1.82. The summed E-state index contributed by atoms with van der Waals surface area (Å²) in [6, 6.07) is 0.358. The van der Waals surface area contributed by atoms with Crippen molar-refractivity contribution in [2.24, 2.45) is 5.73 Å². The van der Waals surface area contributed by atoms with E-state index in [-0.39, 0.29) is 24.5 Å². The zero-order chi connectivity index (χ0) is 14.5. The van der Waals surface area contributed by atoms with Gasteiger partial charge in [-0.05, 0) is 25.7 Å². The van der Waals surface area contributed by atoms with Gasteiger partial charge in [-0.25, -0.2) is 0 Å². The molecule has 2 aliphatic rings.